The summed E-state index contributed by atoms with van der Waals surface area (Å²) in [5, 5.41) is 20.1. The predicted octanol–water partition coefficient (Wildman–Crippen LogP) is 11.1. The Hall–Kier alpha value is -7.27. The Morgan fingerprint density at radius 1 is 0.800 bits per heavy atom. The molecule has 0 radical (unpaired) electrons. The van der Waals surface area contributed by atoms with Gasteiger partial charge in [0.05, 0.1) is 44.9 Å². The normalized spacial score (nSPS) is 21.3. The summed E-state index contributed by atoms with van der Waals surface area (Å²) in [5.74, 6) is 0.721. The highest BCUT2D eigenvalue weighted by Crippen LogP contribution is 2.60. The lowest BCUT2D eigenvalue weighted by Gasteiger charge is -2.56. The molecule has 13 rings (SSSR count). The summed E-state index contributed by atoms with van der Waals surface area (Å²) in [7, 11) is 1.80. The van der Waals surface area contributed by atoms with Gasteiger partial charge in [-0.25, -0.2) is 9.97 Å². The second kappa shape index (κ2) is 22.7. The average molecular weight is 1100 g/mol. The van der Waals surface area contributed by atoms with Gasteiger partial charge in [-0.1, -0.05) is 86.6 Å². The number of thiazole rings is 1. The van der Waals surface area contributed by atoms with Gasteiger partial charge in [-0.05, 0) is 142 Å². The molecule has 5 amide bonds. The predicted molar refractivity (Wildman–Crippen MR) is 312 cm³/mol. The number of pyridine rings is 1. The van der Waals surface area contributed by atoms with E-state index in [-0.39, 0.29) is 30.0 Å². The number of hydrogen-bond acceptors (Lipinski definition) is 11. The number of nitrogens with two attached hydrogens (primary N) is 1. The van der Waals surface area contributed by atoms with E-state index in [2.05, 4.69) is 43.6 Å². The van der Waals surface area contributed by atoms with Gasteiger partial charge < -0.3 is 21.3 Å². The summed E-state index contributed by atoms with van der Waals surface area (Å²) in [6, 6.07) is 21.5. The first-order valence-electron chi connectivity index (χ1n) is 29.3. The molecule has 6 aliphatic rings. The van der Waals surface area contributed by atoms with Crippen LogP contribution in [0.25, 0.3) is 43.5 Å². The lowest BCUT2D eigenvalue weighted by atomic mass is 9.49. The van der Waals surface area contributed by atoms with Gasteiger partial charge in [-0.15, -0.1) is 0 Å². The van der Waals surface area contributed by atoms with Crippen molar-refractivity contribution in [3.05, 3.63) is 107 Å². The highest BCUT2D eigenvalue weighted by Gasteiger charge is 2.51. The first kappa shape index (κ1) is 53.4. The third-order valence-corrected chi connectivity index (χ3v) is 19.4. The van der Waals surface area contributed by atoms with E-state index in [0.717, 1.165) is 142 Å². The molecule has 416 valence electrons. The van der Waals surface area contributed by atoms with E-state index < -0.39 is 11.8 Å². The number of nitrogens with zero attached hydrogens (tertiary/aromatic N) is 7. The largest absolute Gasteiger partial charge is 0.366 e. The SMILES string of the molecule is Cc1c(-c2ccc(C(=O)NCCCCCCCCCCCC(=O)Nc3cccc4c(C5CCC(=O)NC5=O)nn(C)c34)nc2-c2ccc(C(N)=O)c3c2CCN(c2nc4ccccc4s2)C3)cnn1CC12CC3CC(CC(C3)C1)C2. The Kier molecular flexibility index (Phi) is 15.1. The maximum atomic E-state index is 14.0. The van der Waals surface area contributed by atoms with Crippen LogP contribution in [0.4, 0.5) is 10.8 Å². The van der Waals surface area contributed by atoms with Gasteiger partial charge in [-0.2, -0.15) is 10.2 Å². The van der Waals surface area contributed by atoms with Crippen LogP contribution in [0, 0.1) is 30.1 Å². The number of nitrogens with one attached hydrogen (secondary N) is 3. The van der Waals surface area contributed by atoms with Crippen LogP contribution in [-0.4, -0.2) is 72.2 Å². The molecule has 4 bridgehead atoms. The van der Waals surface area contributed by atoms with Gasteiger partial charge in [-0.3, -0.25) is 38.7 Å². The molecule has 6 heterocycles. The van der Waals surface area contributed by atoms with E-state index in [9.17, 15) is 24.0 Å². The van der Waals surface area contributed by atoms with Gasteiger partial charge in [0.15, 0.2) is 5.13 Å². The molecular weight excluding hydrogens is 1020 g/mol. The number of rotatable bonds is 21. The molecule has 0 spiro atoms. The van der Waals surface area contributed by atoms with Gasteiger partial charge in [0.1, 0.15) is 5.69 Å². The minimum Gasteiger partial charge on any atom is -0.366 e. The number of carbonyl (C=O) groups is 5. The number of aryl methyl sites for hydroxylation is 1. The molecule has 1 saturated heterocycles. The molecule has 3 aromatic carbocycles. The van der Waals surface area contributed by atoms with Crippen molar-refractivity contribution in [1.82, 2.24) is 40.2 Å². The topological polar surface area (TPSA) is 212 Å². The number of imide groups is 1. The minimum absolute atomic E-state index is 0.0502. The molecule has 5 fully saturated rings. The van der Waals surface area contributed by atoms with Crippen molar-refractivity contribution < 1.29 is 24.0 Å². The van der Waals surface area contributed by atoms with E-state index in [0.29, 0.717) is 72.6 Å². The molecule has 16 nitrogen and oxygen atoms in total. The zero-order valence-corrected chi connectivity index (χ0v) is 47.0. The molecule has 2 aliphatic heterocycles. The van der Waals surface area contributed by atoms with Crippen LogP contribution in [-0.2, 0) is 40.9 Å². The quantitative estimate of drug-likeness (QED) is 0.0395. The van der Waals surface area contributed by atoms with Crippen LogP contribution < -0.4 is 26.6 Å². The number of para-hydroxylation sites is 2. The first-order valence-corrected chi connectivity index (χ1v) is 30.2. The van der Waals surface area contributed by atoms with Crippen LogP contribution in [0.1, 0.15) is 165 Å². The summed E-state index contributed by atoms with van der Waals surface area (Å²) < 4.78 is 5.06. The van der Waals surface area contributed by atoms with Crippen molar-refractivity contribution in [3.63, 3.8) is 0 Å². The highest BCUT2D eigenvalue weighted by atomic mass is 32.1. The second-order valence-corrected chi connectivity index (χ2v) is 24.9. The molecular formula is C63H73N11O5S. The molecule has 4 aromatic heterocycles. The fourth-order valence-corrected chi connectivity index (χ4v) is 15.8. The third kappa shape index (κ3) is 10.9. The number of hydrogen-bond donors (Lipinski definition) is 4. The molecule has 4 aliphatic carbocycles. The lowest BCUT2D eigenvalue weighted by Crippen LogP contribution is -2.48. The highest BCUT2D eigenvalue weighted by molar-refractivity contribution is 7.22. The Bertz CT molecular complexity index is 3470. The van der Waals surface area contributed by atoms with Crippen LogP contribution >= 0.6 is 11.3 Å². The van der Waals surface area contributed by atoms with E-state index in [1.54, 1.807) is 23.1 Å². The number of anilines is 2. The number of unbranched alkanes of at least 4 members (excludes halogenated alkanes) is 8. The summed E-state index contributed by atoms with van der Waals surface area (Å²) in [4.78, 5) is 77.0. The van der Waals surface area contributed by atoms with E-state index in [1.807, 2.05) is 66.9 Å². The number of aromatic nitrogens is 6. The number of benzene rings is 3. The first-order chi connectivity index (χ1) is 38.9. The molecule has 4 saturated carbocycles. The lowest BCUT2D eigenvalue weighted by molar-refractivity contribution is -0.134. The van der Waals surface area contributed by atoms with Crippen molar-refractivity contribution in [2.45, 2.75) is 148 Å². The average Bonchev–Trinajstić information content (AvgIpc) is 4.17. The minimum atomic E-state index is -0.507. The zero-order chi connectivity index (χ0) is 55.1. The van der Waals surface area contributed by atoms with Gasteiger partial charge in [0, 0.05) is 79.4 Å². The van der Waals surface area contributed by atoms with Crippen LogP contribution in [0.15, 0.2) is 72.9 Å². The van der Waals surface area contributed by atoms with Crippen molar-refractivity contribution >= 4 is 72.8 Å². The summed E-state index contributed by atoms with van der Waals surface area (Å²) >= 11 is 1.65. The Morgan fingerprint density at radius 3 is 2.26 bits per heavy atom. The summed E-state index contributed by atoms with van der Waals surface area (Å²) in [6.07, 6.45) is 21.0. The van der Waals surface area contributed by atoms with Crippen LogP contribution in [0.5, 0.6) is 0 Å². The van der Waals surface area contributed by atoms with Gasteiger partial charge in [0.25, 0.3) is 5.91 Å². The Balaban J connectivity index is 0.655. The van der Waals surface area contributed by atoms with Crippen LogP contribution in [0.2, 0.25) is 0 Å². The van der Waals surface area contributed by atoms with Crippen molar-refractivity contribution in [1.29, 1.82) is 0 Å². The molecule has 5 N–H and O–H groups in total. The van der Waals surface area contributed by atoms with E-state index in [1.165, 1.54) is 38.5 Å². The second-order valence-electron chi connectivity index (χ2n) is 23.9. The molecule has 80 heavy (non-hydrogen) atoms. The number of amides is 5. The van der Waals surface area contributed by atoms with Crippen molar-refractivity contribution in [2.24, 2.45) is 36.0 Å². The van der Waals surface area contributed by atoms with E-state index >= 15 is 0 Å². The fraction of sp³-hybridized carbons (Fsp3) is 0.476. The number of piperidine rings is 1. The third-order valence-electron chi connectivity index (χ3n) is 18.3. The summed E-state index contributed by atoms with van der Waals surface area (Å²) in [5.41, 5.74) is 16.8. The molecule has 1 atom stereocenters. The molecule has 17 heteroatoms. The summed E-state index contributed by atoms with van der Waals surface area (Å²) in [6.45, 7) is 4.84. The molecule has 1 unspecified atom stereocenters. The van der Waals surface area contributed by atoms with Gasteiger partial charge >= 0.3 is 0 Å². The number of carbonyl (C=O) groups excluding carboxylic acids is 5. The zero-order valence-electron chi connectivity index (χ0n) is 46.2. The smallest absolute Gasteiger partial charge is 0.269 e. The Morgan fingerprint density at radius 2 is 1.52 bits per heavy atom. The maximum absolute atomic E-state index is 14.0. The molecule has 7 aromatic rings. The van der Waals surface area contributed by atoms with E-state index in [4.69, 9.17) is 20.8 Å². The standard InChI is InChI=1S/C63H73N11O5S/c1-38-48(35-66-74(38)37-63-32-39-29-40(33-63)31-41(30-39)34-63)44-22-24-52(68-56(44)43-20-21-45(59(64)77)49-36-73(28-26-42(43)49)62-69-50-16-11-12-18-53(50)80-62)61(79)65-27-13-9-7-5-3-4-6-8-10-19-54(75)67-51-17-14-15-46-57(71-72(2)58(46)51)47-23-25-55(76)70-60(47)78/h11-12,14-18,20-22,24,35,39-41,47H,3-10,13,19,23,25-34,36-37H2,1-2H3,(H2,64,77)(H,65,79)(H,67,75)(H,70,76,78). The number of fused-ring (bicyclic) bond motifs is 3. The monoisotopic (exact) mass is 1100 g/mol. The van der Waals surface area contributed by atoms with Crippen molar-refractivity contribution in [2.75, 3.05) is 23.3 Å². The number of primary amides is 1. The van der Waals surface area contributed by atoms with Crippen LogP contribution in [0.3, 0.4) is 0 Å². The maximum Gasteiger partial charge on any atom is 0.269 e. The Labute approximate surface area is 471 Å². The van der Waals surface area contributed by atoms with Gasteiger partial charge in [0.2, 0.25) is 23.6 Å². The van der Waals surface area contributed by atoms with Crippen molar-refractivity contribution in [3.8, 4) is 22.4 Å². The fourth-order valence-electron chi connectivity index (χ4n) is 14.8.